The van der Waals surface area contributed by atoms with Crippen molar-refractivity contribution in [3.8, 4) is 0 Å². The maximum Gasteiger partial charge on any atom is 0.340 e. The highest BCUT2D eigenvalue weighted by molar-refractivity contribution is 6.33. The van der Waals surface area contributed by atoms with Crippen LogP contribution in [0.25, 0.3) is 0 Å². The zero-order chi connectivity index (χ0) is 16.1. The maximum absolute atomic E-state index is 13.1. The van der Waals surface area contributed by atoms with Crippen LogP contribution in [0, 0.1) is 12.7 Å². The summed E-state index contributed by atoms with van der Waals surface area (Å²) in [5, 5.41) is 2.65. The van der Waals surface area contributed by atoms with Gasteiger partial charge in [0.1, 0.15) is 5.82 Å². The molecule has 0 unspecified atom stereocenters. The largest absolute Gasteiger partial charge is 0.452 e. The van der Waals surface area contributed by atoms with E-state index in [2.05, 4.69) is 5.32 Å². The molecule has 0 aromatic heterocycles. The first-order valence-electron chi connectivity index (χ1n) is 6.44. The Bertz CT molecular complexity index is 718. The molecule has 0 aliphatic rings. The van der Waals surface area contributed by atoms with Gasteiger partial charge in [0.2, 0.25) is 0 Å². The van der Waals surface area contributed by atoms with Crippen molar-refractivity contribution in [3.05, 3.63) is 64.4 Å². The number of carbonyl (C=O) groups excluding carboxylic acids is 2. The molecular weight excluding hydrogens is 309 g/mol. The second-order valence-electron chi connectivity index (χ2n) is 4.62. The van der Waals surface area contributed by atoms with Crippen LogP contribution in [0.1, 0.15) is 15.9 Å². The number of hydrogen-bond acceptors (Lipinski definition) is 3. The summed E-state index contributed by atoms with van der Waals surface area (Å²) in [6.07, 6.45) is 0. The monoisotopic (exact) mass is 321 g/mol. The summed E-state index contributed by atoms with van der Waals surface area (Å²) in [6, 6.07) is 10.5. The predicted octanol–water partition coefficient (Wildman–Crippen LogP) is 3.58. The van der Waals surface area contributed by atoms with Gasteiger partial charge in [0.15, 0.2) is 6.61 Å². The van der Waals surface area contributed by atoms with E-state index < -0.39 is 24.3 Å². The Hall–Kier alpha value is -2.40. The van der Waals surface area contributed by atoms with Crippen molar-refractivity contribution < 1.29 is 18.7 Å². The molecule has 0 saturated heterocycles. The molecule has 1 amide bonds. The molecule has 0 saturated carbocycles. The Balaban J connectivity index is 1.93. The van der Waals surface area contributed by atoms with E-state index in [0.29, 0.717) is 5.69 Å². The first-order valence-corrected chi connectivity index (χ1v) is 6.82. The van der Waals surface area contributed by atoms with Crippen LogP contribution in [0.15, 0.2) is 42.5 Å². The van der Waals surface area contributed by atoms with Gasteiger partial charge >= 0.3 is 5.97 Å². The van der Waals surface area contributed by atoms with Crippen LogP contribution in [-0.4, -0.2) is 18.5 Å². The maximum atomic E-state index is 13.1. The normalized spacial score (nSPS) is 10.1. The first-order chi connectivity index (χ1) is 10.5. The molecule has 1 N–H and O–H groups in total. The van der Waals surface area contributed by atoms with E-state index in [4.69, 9.17) is 16.3 Å². The van der Waals surface area contributed by atoms with Gasteiger partial charge in [-0.15, -0.1) is 0 Å². The molecule has 2 aromatic rings. The van der Waals surface area contributed by atoms with Gasteiger partial charge in [-0.05, 0) is 42.8 Å². The minimum absolute atomic E-state index is 0.0606. The van der Waals surface area contributed by atoms with Crippen LogP contribution in [0.5, 0.6) is 0 Å². The molecular formula is C16H13ClFNO3. The lowest BCUT2D eigenvalue weighted by Gasteiger charge is -2.08. The quantitative estimate of drug-likeness (QED) is 0.876. The average Bonchev–Trinajstić information content (AvgIpc) is 2.47. The lowest BCUT2D eigenvalue weighted by Crippen LogP contribution is -2.21. The second kappa shape index (κ2) is 7.04. The molecule has 6 heteroatoms. The molecule has 4 nitrogen and oxygen atoms in total. The highest BCUT2D eigenvalue weighted by Crippen LogP contribution is 2.18. The molecule has 22 heavy (non-hydrogen) atoms. The highest BCUT2D eigenvalue weighted by atomic mass is 35.5. The Morgan fingerprint density at radius 3 is 2.73 bits per heavy atom. The van der Waals surface area contributed by atoms with Crippen molar-refractivity contribution in [2.75, 3.05) is 11.9 Å². The van der Waals surface area contributed by atoms with Gasteiger partial charge in [0.05, 0.1) is 10.6 Å². The molecule has 0 fully saturated rings. The number of anilines is 1. The summed E-state index contributed by atoms with van der Waals surface area (Å²) in [4.78, 5) is 23.5. The Morgan fingerprint density at radius 2 is 2.00 bits per heavy atom. The fraction of sp³-hybridized carbons (Fsp3) is 0.125. The zero-order valence-electron chi connectivity index (χ0n) is 11.7. The summed E-state index contributed by atoms with van der Waals surface area (Å²) >= 11 is 5.79. The van der Waals surface area contributed by atoms with Gasteiger partial charge in [0.25, 0.3) is 5.91 Å². The number of ether oxygens (including phenoxy) is 1. The topological polar surface area (TPSA) is 55.4 Å². The molecule has 0 heterocycles. The third-order valence-electron chi connectivity index (χ3n) is 2.78. The molecule has 0 atom stereocenters. The van der Waals surface area contributed by atoms with Crippen LogP contribution >= 0.6 is 11.6 Å². The van der Waals surface area contributed by atoms with Crippen LogP contribution in [0.2, 0.25) is 5.02 Å². The van der Waals surface area contributed by atoms with Crippen molar-refractivity contribution in [3.63, 3.8) is 0 Å². The molecule has 0 spiro atoms. The standard InChI is InChI=1S/C16H13ClFNO3/c1-10-3-2-4-12(7-10)19-15(20)9-22-16(21)13-8-11(18)5-6-14(13)17/h2-8H,9H2,1H3,(H,19,20). The number of aryl methyl sites for hydroxylation is 1. The van der Waals surface area contributed by atoms with E-state index >= 15 is 0 Å². The van der Waals surface area contributed by atoms with E-state index in [-0.39, 0.29) is 10.6 Å². The van der Waals surface area contributed by atoms with E-state index in [0.717, 1.165) is 17.7 Å². The van der Waals surface area contributed by atoms with Gasteiger partial charge in [0, 0.05) is 5.69 Å². The number of amides is 1. The number of benzene rings is 2. The number of nitrogens with one attached hydrogen (secondary N) is 1. The first kappa shape index (κ1) is 16.0. The van der Waals surface area contributed by atoms with Crippen LogP contribution in [0.3, 0.4) is 0 Å². The van der Waals surface area contributed by atoms with Gasteiger partial charge in [-0.1, -0.05) is 23.7 Å². The summed E-state index contributed by atoms with van der Waals surface area (Å²) in [6.45, 7) is 1.40. The molecule has 2 aromatic carbocycles. The van der Waals surface area contributed by atoms with Crippen LogP contribution in [0.4, 0.5) is 10.1 Å². The number of hydrogen-bond donors (Lipinski definition) is 1. The summed E-state index contributed by atoms with van der Waals surface area (Å²) in [7, 11) is 0. The van der Waals surface area contributed by atoms with E-state index in [9.17, 15) is 14.0 Å². The van der Waals surface area contributed by atoms with Gasteiger partial charge in [-0.3, -0.25) is 4.79 Å². The predicted molar refractivity (Wildman–Crippen MR) is 81.5 cm³/mol. The smallest absolute Gasteiger partial charge is 0.340 e. The Labute approximate surface area is 131 Å². The van der Waals surface area contributed by atoms with Crippen molar-refractivity contribution in [1.29, 1.82) is 0 Å². The Morgan fingerprint density at radius 1 is 1.23 bits per heavy atom. The van der Waals surface area contributed by atoms with Crippen molar-refractivity contribution in [2.45, 2.75) is 6.92 Å². The third kappa shape index (κ3) is 4.30. The van der Waals surface area contributed by atoms with E-state index in [1.165, 1.54) is 6.07 Å². The summed E-state index contributed by atoms with van der Waals surface area (Å²) in [5.41, 5.74) is 1.47. The Kier molecular flexibility index (Phi) is 5.12. The van der Waals surface area contributed by atoms with Crippen molar-refractivity contribution in [1.82, 2.24) is 0 Å². The van der Waals surface area contributed by atoms with E-state index in [1.54, 1.807) is 18.2 Å². The third-order valence-corrected chi connectivity index (χ3v) is 3.11. The average molecular weight is 322 g/mol. The SMILES string of the molecule is Cc1cccc(NC(=O)COC(=O)c2cc(F)ccc2Cl)c1. The minimum Gasteiger partial charge on any atom is -0.452 e. The van der Waals surface area contributed by atoms with Gasteiger partial charge in [-0.2, -0.15) is 0 Å². The summed E-state index contributed by atoms with van der Waals surface area (Å²) < 4.78 is 17.9. The number of halogens is 2. The lowest BCUT2D eigenvalue weighted by molar-refractivity contribution is -0.119. The van der Waals surface area contributed by atoms with Gasteiger partial charge in [-0.25, -0.2) is 9.18 Å². The molecule has 0 aliphatic heterocycles. The van der Waals surface area contributed by atoms with Gasteiger partial charge < -0.3 is 10.1 Å². The molecule has 0 aliphatic carbocycles. The molecule has 2 rings (SSSR count). The fourth-order valence-electron chi connectivity index (χ4n) is 1.78. The van der Waals surface area contributed by atoms with Crippen molar-refractivity contribution >= 4 is 29.2 Å². The summed E-state index contributed by atoms with van der Waals surface area (Å²) in [5.74, 6) is -1.96. The van der Waals surface area contributed by atoms with Crippen LogP contribution < -0.4 is 5.32 Å². The highest BCUT2D eigenvalue weighted by Gasteiger charge is 2.14. The van der Waals surface area contributed by atoms with E-state index in [1.807, 2.05) is 13.0 Å². The lowest BCUT2D eigenvalue weighted by atomic mass is 10.2. The molecule has 0 radical (unpaired) electrons. The zero-order valence-corrected chi connectivity index (χ0v) is 12.5. The number of carbonyl (C=O) groups is 2. The van der Waals surface area contributed by atoms with Crippen molar-refractivity contribution in [2.24, 2.45) is 0 Å². The van der Waals surface area contributed by atoms with Crippen LogP contribution in [-0.2, 0) is 9.53 Å². The second-order valence-corrected chi connectivity index (χ2v) is 5.03. The fourth-order valence-corrected chi connectivity index (χ4v) is 1.98. The molecule has 114 valence electrons. The number of esters is 1. The molecule has 0 bridgehead atoms. The minimum atomic E-state index is -0.858. The number of rotatable bonds is 4.